The van der Waals surface area contributed by atoms with Gasteiger partial charge in [-0.3, -0.25) is 0 Å². The van der Waals surface area contributed by atoms with Gasteiger partial charge in [0.15, 0.2) is 0 Å². The number of nitrogens with one attached hydrogen (secondary N) is 1. The van der Waals surface area contributed by atoms with Crippen molar-refractivity contribution < 1.29 is 0 Å². The molecule has 0 atom stereocenters. The molecule has 0 amide bonds. The zero-order chi connectivity index (χ0) is 13.6. The van der Waals surface area contributed by atoms with Crippen LogP contribution in [-0.2, 0) is 0 Å². The molecule has 1 N–H and O–H groups in total. The first-order chi connectivity index (χ1) is 9.43. The smallest absolute Gasteiger partial charge is 0.00682 e. The minimum atomic E-state index is 0.900. The highest BCUT2D eigenvalue weighted by atomic mass is 14.9. The standard InChI is InChI=1S/C18H37N/c1-2-3-4-5-6-7-8-9-10-11-12-13-14-17-19-18-15-16-18/h18-19H,2-17H2,1H3. The molecule has 0 heterocycles. The van der Waals surface area contributed by atoms with Crippen LogP contribution in [0.25, 0.3) is 0 Å². The maximum atomic E-state index is 3.60. The molecule has 1 nitrogen and oxygen atoms in total. The molecule has 0 unspecified atom stereocenters. The SMILES string of the molecule is CCCCCCCCCCCCCCCNC1CC1. The first-order valence-corrected chi connectivity index (χ1v) is 9.17. The van der Waals surface area contributed by atoms with Crippen LogP contribution < -0.4 is 5.32 Å². The highest BCUT2D eigenvalue weighted by Gasteiger charge is 2.19. The van der Waals surface area contributed by atoms with Crippen molar-refractivity contribution in [1.82, 2.24) is 5.32 Å². The Labute approximate surface area is 121 Å². The maximum absolute atomic E-state index is 3.60. The summed E-state index contributed by atoms with van der Waals surface area (Å²) >= 11 is 0. The van der Waals surface area contributed by atoms with Gasteiger partial charge in [-0.25, -0.2) is 0 Å². The molecular weight excluding hydrogens is 230 g/mol. The minimum Gasteiger partial charge on any atom is -0.314 e. The van der Waals surface area contributed by atoms with Gasteiger partial charge in [0, 0.05) is 6.04 Å². The fourth-order valence-corrected chi connectivity index (χ4v) is 2.74. The molecule has 1 fully saturated rings. The Morgan fingerprint density at radius 1 is 0.632 bits per heavy atom. The van der Waals surface area contributed by atoms with Gasteiger partial charge in [0.1, 0.15) is 0 Å². The molecule has 0 bridgehead atoms. The molecule has 1 heteroatoms. The summed E-state index contributed by atoms with van der Waals surface area (Å²) in [7, 11) is 0. The van der Waals surface area contributed by atoms with Gasteiger partial charge >= 0.3 is 0 Å². The lowest BCUT2D eigenvalue weighted by molar-refractivity contribution is 0.532. The van der Waals surface area contributed by atoms with Gasteiger partial charge in [-0.15, -0.1) is 0 Å². The van der Waals surface area contributed by atoms with E-state index in [9.17, 15) is 0 Å². The van der Waals surface area contributed by atoms with Crippen molar-refractivity contribution in [2.45, 2.75) is 109 Å². The molecule has 0 aromatic heterocycles. The second-order valence-corrected chi connectivity index (χ2v) is 6.47. The first-order valence-electron chi connectivity index (χ1n) is 9.17. The molecule has 0 radical (unpaired) electrons. The summed E-state index contributed by atoms with van der Waals surface area (Å²) in [6.45, 7) is 3.56. The molecule has 0 aromatic rings. The van der Waals surface area contributed by atoms with E-state index in [4.69, 9.17) is 0 Å². The predicted molar refractivity (Wildman–Crippen MR) is 86.7 cm³/mol. The Morgan fingerprint density at radius 2 is 1.05 bits per heavy atom. The molecule has 0 saturated heterocycles. The molecule has 1 aliphatic carbocycles. The van der Waals surface area contributed by atoms with Crippen molar-refractivity contribution in [3.05, 3.63) is 0 Å². The summed E-state index contributed by atoms with van der Waals surface area (Å²) in [5, 5.41) is 3.60. The highest BCUT2D eigenvalue weighted by molar-refractivity contribution is 4.80. The third-order valence-corrected chi connectivity index (χ3v) is 4.29. The van der Waals surface area contributed by atoms with E-state index in [1.165, 1.54) is 103 Å². The van der Waals surface area contributed by atoms with Gasteiger partial charge in [0.2, 0.25) is 0 Å². The molecule has 0 spiro atoms. The van der Waals surface area contributed by atoms with Crippen molar-refractivity contribution in [3.8, 4) is 0 Å². The van der Waals surface area contributed by atoms with Crippen molar-refractivity contribution >= 4 is 0 Å². The predicted octanol–water partition coefficient (Wildman–Crippen LogP) is 5.83. The van der Waals surface area contributed by atoms with E-state index in [0.717, 1.165) is 6.04 Å². The van der Waals surface area contributed by atoms with Gasteiger partial charge in [-0.2, -0.15) is 0 Å². The molecule has 19 heavy (non-hydrogen) atoms. The molecule has 1 rings (SSSR count). The van der Waals surface area contributed by atoms with Crippen LogP contribution in [-0.4, -0.2) is 12.6 Å². The number of hydrogen-bond donors (Lipinski definition) is 1. The maximum Gasteiger partial charge on any atom is 0.00682 e. The molecular formula is C18H37N. The van der Waals surface area contributed by atoms with Gasteiger partial charge in [0.05, 0.1) is 0 Å². The minimum absolute atomic E-state index is 0.900. The van der Waals surface area contributed by atoms with Crippen LogP contribution in [0.4, 0.5) is 0 Å². The van der Waals surface area contributed by atoms with Crippen molar-refractivity contribution in [3.63, 3.8) is 0 Å². The number of rotatable bonds is 15. The van der Waals surface area contributed by atoms with Crippen molar-refractivity contribution in [2.75, 3.05) is 6.54 Å². The molecule has 1 aliphatic rings. The lowest BCUT2D eigenvalue weighted by Gasteiger charge is -2.04. The van der Waals surface area contributed by atoms with Gasteiger partial charge < -0.3 is 5.32 Å². The largest absolute Gasteiger partial charge is 0.314 e. The van der Waals surface area contributed by atoms with Gasteiger partial charge in [-0.05, 0) is 25.8 Å². The van der Waals surface area contributed by atoms with Crippen LogP contribution in [0.15, 0.2) is 0 Å². The third-order valence-electron chi connectivity index (χ3n) is 4.29. The number of hydrogen-bond acceptors (Lipinski definition) is 1. The second-order valence-electron chi connectivity index (χ2n) is 6.47. The highest BCUT2D eigenvalue weighted by Crippen LogP contribution is 2.18. The summed E-state index contributed by atoms with van der Waals surface area (Å²) < 4.78 is 0. The quantitative estimate of drug-likeness (QED) is 0.368. The normalized spacial score (nSPS) is 15.0. The van der Waals surface area contributed by atoms with E-state index >= 15 is 0 Å². The molecule has 114 valence electrons. The van der Waals surface area contributed by atoms with Crippen molar-refractivity contribution in [2.24, 2.45) is 0 Å². The van der Waals surface area contributed by atoms with Crippen LogP contribution >= 0.6 is 0 Å². The first kappa shape index (κ1) is 17.0. The second kappa shape index (κ2) is 13.0. The summed E-state index contributed by atoms with van der Waals surface area (Å²) in [6.07, 6.45) is 21.8. The monoisotopic (exact) mass is 267 g/mol. The fraction of sp³-hybridized carbons (Fsp3) is 1.00. The Kier molecular flexibility index (Phi) is 11.6. The zero-order valence-electron chi connectivity index (χ0n) is 13.4. The van der Waals surface area contributed by atoms with Crippen LogP contribution in [0, 0.1) is 0 Å². The summed E-state index contributed by atoms with van der Waals surface area (Å²) in [5.41, 5.74) is 0. The average Bonchev–Trinajstić information content (AvgIpc) is 3.23. The van der Waals surface area contributed by atoms with Crippen LogP contribution in [0.5, 0.6) is 0 Å². The lowest BCUT2D eigenvalue weighted by atomic mass is 10.0. The number of unbranched alkanes of at least 4 members (excludes halogenated alkanes) is 12. The Bertz CT molecular complexity index is 175. The topological polar surface area (TPSA) is 12.0 Å². The third kappa shape index (κ3) is 12.7. The van der Waals surface area contributed by atoms with E-state index in [1.807, 2.05) is 0 Å². The van der Waals surface area contributed by atoms with Crippen molar-refractivity contribution in [1.29, 1.82) is 0 Å². The van der Waals surface area contributed by atoms with Gasteiger partial charge in [-0.1, -0.05) is 84.0 Å². The van der Waals surface area contributed by atoms with Crippen LogP contribution in [0.1, 0.15) is 103 Å². The van der Waals surface area contributed by atoms with E-state index in [-0.39, 0.29) is 0 Å². The molecule has 0 aromatic carbocycles. The Balaban J connectivity index is 1.60. The summed E-state index contributed by atoms with van der Waals surface area (Å²) in [5.74, 6) is 0. The average molecular weight is 268 g/mol. The summed E-state index contributed by atoms with van der Waals surface area (Å²) in [6, 6.07) is 0.900. The van der Waals surface area contributed by atoms with E-state index in [0.29, 0.717) is 0 Å². The summed E-state index contributed by atoms with van der Waals surface area (Å²) in [4.78, 5) is 0. The fourth-order valence-electron chi connectivity index (χ4n) is 2.74. The van der Waals surface area contributed by atoms with Crippen LogP contribution in [0.2, 0.25) is 0 Å². The Morgan fingerprint density at radius 3 is 1.47 bits per heavy atom. The van der Waals surface area contributed by atoms with Gasteiger partial charge in [0.25, 0.3) is 0 Å². The van der Waals surface area contributed by atoms with E-state index in [1.54, 1.807) is 0 Å². The molecule has 1 saturated carbocycles. The van der Waals surface area contributed by atoms with E-state index < -0.39 is 0 Å². The van der Waals surface area contributed by atoms with E-state index in [2.05, 4.69) is 12.2 Å². The lowest BCUT2D eigenvalue weighted by Crippen LogP contribution is -2.17. The Hall–Kier alpha value is -0.0400. The zero-order valence-corrected chi connectivity index (χ0v) is 13.4. The molecule has 0 aliphatic heterocycles. The van der Waals surface area contributed by atoms with Crippen LogP contribution in [0.3, 0.4) is 0 Å².